The van der Waals surface area contributed by atoms with Gasteiger partial charge in [-0.2, -0.15) is 0 Å². The first kappa shape index (κ1) is 12.5. The maximum absolute atomic E-state index is 12.4. The van der Waals surface area contributed by atoms with Crippen LogP contribution in [0, 0.1) is 11.3 Å². The molecule has 1 aliphatic carbocycles. The number of rotatable bonds is 2. The van der Waals surface area contributed by atoms with Crippen molar-refractivity contribution in [1.29, 1.82) is 0 Å². The highest BCUT2D eigenvalue weighted by Gasteiger charge is 2.57. The van der Waals surface area contributed by atoms with Gasteiger partial charge in [-0.15, -0.1) is 0 Å². The van der Waals surface area contributed by atoms with E-state index in [9.17, 15) is 9.59 Å². The number of hydrogen-bond donors (Lipinski definition) is 0. The van der Waals surface area contributed by atoms with E-state index in [1.165, 1.54) is 6.92 Å². The van der Waals surface area contributed by atoms with E-state index in [4.69, 9.17) is 4.74 Å². The summed E-state index contributed by atoms with van der Waals surface area (Å²) in [6.45, 7) is 10.3. The topological polar surface area (TPSA) is 46.7 Å². The summed E-state index contributed by atoms with van der Waals surface area (Å²) in [5, 5.41) is 0. The van der Waals surface area contributed by atoms with E-state index in [0.29, 0.717) is 6.61 Å². The average molecular weight is 236 g/mol. The molecular weight excluding hydrogens is 216 g/mol. The Bertz CT molecular complexity index is 370. The Morgan fingerprint density at radius 2 is 2.06 bits per heavy atom. The van der Waals surface area contributed by atoms with E-state index in [-0.39, 0.29) is 29.3 Å². The third-order valence-corrected chi connectivity index (χ3v) is 4.19. The molecule has 0 amide bonds. The number of Topliss-reactive ketones (excluding diaryl/α,β-unsaturated/α-hetero) is 2. The molecule has 2 atom stereocenters. The fraction of sp³-hybridized carbons (Fsp3) is 0.714. The monoisotopic (exact) mass is 236 g/mol. The van der Waals surface area contributed by atoms with Crippen molar-refractivity contribution in [1.82, 2.24) is 0 Å². The number of carbonyl (C=O) groups is 2. The summed E-state index contributed by atoms with van der Waals surface area (Å²) in [6.07, 6.45) is 1.92. The molecule has 2 fully saturated rings. The highest BCUT2D eigenvalue weighted by Crippen LogP contribution is 2.49. The van der Waals surface area contributed by atoms with E-state index in [1.54, 1.807) is 0 Å². The molecule has 0 aromatic heterocycles. The third kappa shape index (κ3) is 2.08. The van der Waals surface area contributed by atoms with Crippen LogP contribution in [-0.4, -0.2) is 23.8 Å². The number of carbonyl (C=O) groups excluding carboxylic acids is 2. The molecule has 3 nitrogen and oxygen atoms in total. The lowest BCUT2D eigenvalue weighted by atomic mass is 9.75. The summed E-state index contributed by atoms with van der Waals surface area (Å²) in [7, 11) is 0. The second kappa shape index (κ2) is 3.77. The number of allylic oxidation sites excluding steroid dienone is 1. The molecular formula is C14H20O3. The van der Waals surface area contributed by atoms with Gasteiger partial charge >= 0.3 is 0 Å². The van der Waals surface area contributed by atoms with Crippen LogP contribution in [0.4, 0.5) is 0 Å². The molecule has 1 saturated heterocycles. The van der Waals surface area contributed by atoms with E-state index in [0.717, 1.165) is 18.4 Å². The molecule has 3 heteroatoms. The van der Waals surface area contributed by atoms with E-state index in [2.05, 4.69) is 20.4 Å². The van der Waals surface area contributed by atoms with Gasteiger partial charge < -0.3 is 4.74 Å². The van der Waals surface area contributed by atoms with Gasteiger partial charge in [0.15, 0.2) is 11.4 Å². The van der Waals surface area contributed by atoms with Crippen LogP contribution >= 0.6 is 0 Å². The van der Waals surface area contributed by atoms with Gasteiger partial charge in [-0.05, 0) is 25.2 Å². The second-order valence-electron chi connectivity index (χ2n) is 6.02. The average Bonchev–Trinajstić information content (AvgIpc) is 3.01. The maximum Gasteiger partial charge on any atom is 0.174 e. The van der Waals surface area contributed by atoms with Crippen LogP contribution in [0.25, 0.3) is 0 Å². The smallest absolute Gasteiger partial charge is 0.174 e. The highest BCUT2D eigenvalue weighted by atomic mass is 16.6. The Hall–Kier alpha value is -0.960. The van der Waals surface area contributed by atoms with Crippen LogP contribution < -0.4 is 0 Å². The lowest BCUT2D eigenvalue weighted by molar-refractivity contribution is -0.129. The SMILES string of the molecule is C=C1C(CC(C)=O)C(=O)C2(CCC1(C)C)CO2. The molecule has 1 aliphatic heterocycles. The van der Waals surface area contributed by atoms with Gasteiger partial charge in [0.2, 0.25) is 0 Å². The normalized spacial score (nSPS) is 35.8. The van der Waals surface area contributed by atoms with Crippen LogP contribution in [0.1, 0.15) is 40.0 Å². The van der Waals surface area contributed by atoms with Crippen molar-refractivity contribution in [3.63, 3.8) is 0 Å². The summed E-state index contributed by atoms with van der Waals surface area (Å²) in [5.74, 6) is -0.242. The fourth-order valence-electron chi connectivity index (χ4n) is 2.62. The molecule has 17 heavy (non-hydrogen) atoms. The number of epoxide rings is 1. The molecule has 0 aromatic rings. The Morgan fingerprint density at radius 3 is 2.53 bits per heavy atom. The Kier molecular flexibility index (Phi) is 2.77. The van der Waals surface area contributed by atoms with E-state index >= 15 is 0 Å². The lowest BCUT2D eigenvalue weighted by Gasteiger charge is -2.28. The van der Waals surface area contributed by atoms with Crippen LogP contribution in [0.5, 0.6) is 0 Å². The maximum atomic E-state index is 12.4. The minimum absolute atomic E-state index is 0.0398. The van der Waals surface area contributed by atoms with Gasteiger partial charge in [0.1, 0.15) is 5.78 Å². The molecule has 2 aliphatic rings. The second-order valence-corrected chi connectivity index (χ2v) is 6.02. The van der Waals surface area contributed by atoms with Crippen molar-refractivity contribution in [3.05, 3.63) is 12.2 Å². The van der Waals surface area contributed by atoms with E-state index < -0.39 is 5.60 Å². The van der Waals surface area contributed by atoms with Gasteiger partial charge in [0.05, 0.1) is 6.61 Å². The summed E-state index contributed by atoms with van der Waals surface area (Å²) < 4.78 is 5.38. The number of ether oxygens (including phenoxy) is 1. The van der Waals surface area contributed by atoms with Gasteiger partial charge in [0, 0.05) is 12.3 Å². The molecule has 0 N–H and O–H groups in total. The van der Waals surface area contributed by atoms with Crippen molar-refractivity contribution in [2.45, 2.75) is 45.6 Å². The van der Waals surface area contributed by atoms with Gasteiger partial charge in [-0.1, -0.05) is 26.0 Å². The number of ketones is 2. The predicted molar refractivity (Wildman–Crippen MR) is 64.6 cm³/mol. The zero-order valence-corrected chi connectivity index (χ0v) is 10.8. The minimum atomic E-state index is -0.586. The zero-order valence-electron chi connectivity index (χ0n) is 10.8. The first-order valence-corrected chi connectivity index (χ1v) is 6.15. The zero-order chi connectivity index (χ0) is 12.8. The van der Waals surface area contributed by atoms with Crippen LogP contribution in [0.3, 0.4) is 0 Å². The molecule has 1 saturated carbocycles. The molecule has 0 radical (unpaired) electrons. The third-order valence-electron chi connectivity index (χ3n) is 4.19. The fourth-order valence-corrected chi connectivity index (χ4v) is 2.62. The van der Waals surface area contributed by atoms with Crippen LogP contribution in [0.15, 0.2) is 12.2 Å². The van der Waals surface area contributed by atoms with Crippen molar-refractivity contribution in [2.24, 2.45) is 11.3 Å². The Morgan fingerprint density at radius 1 is 1.47 bits per heavy atom. The van der Waals surface area contributed by atoms with E-state index in [1.807, 2.05) is 0 Å². The summed E-state index contributed by atoms with van der Waals surface area (Å²) >= 11 is 0. The molecule has 2 rings (SSSR count). The summed E-state index contributed by atoms with van der Waals surface area (Å²) in [5.41, 5.74) is 0.215. The summed E-state index contributed by atoms with van der Waals surface area (Å²) in [6, 6.07) is 0. The summed E-state index contributed by atoms with van der Waals surface area (Å²) in [4.78, 5) is 23.7. The van der Waals surface area contributed by atoms with Crippen LogP contribution in [-0.2, 0) is 14.3 Å². The highest BCUT2D eigenvalue weighted by molar-refractivity contribution is 5.97. The number of hydrogen-bond acceptors (Lipinski definition) is 3. The van der Waals surface area contributed by atoms with Gasteiger partial charge in [0.25, 0.3) is 0 Å². The van der Waals surface area contributed by atoms with Crippen molar-refractivity contribution >= 4 is 11.6 Å². The van der Waals surface area contributed by atoms with Crippen molar-refractivity contribution in [3.8, 4) is 0 Å². The molecule has 1 heterocycles. The predicted octanol–water partition coefficient (Wildman–Crippen LogP) is 2.30. The first-order valence-electron chi connectivity index (χ1n) is 6.15. The first-order chi connectivity index (χ1) is 7.78. The molecule has 1 spiro atoms. The molecule has 2 unspecified atom stereocenters. The standard InChI is InChI=1S/C14H20O3/c1-9(15)7-11-10(2)13(3,4)5-6-14(8-17-14)12(11)16/h11H,2,5-8H2,1,3-4H3. The van der Waals surface area contributed by atoms with Crippen molar-refractivity contribution in [2.75, 3.05) is 6.61 Å². The molecule has 0 bridgehead atoms. The van der Waals surface area contributed by atoms with Crippen molar-refractivity contribution < 1.29 is 14.3 Å². The van der Waals surface area contributed by atoms with Crippen LogP contribution in [0.2, 0.25) is 0 Å². The molecule has 0 aromatic carbocycles. The minimum Gasteiger partial charge on any atom is -0.361 e. The largest absolute Gasteiger partial charge is 0.361 e. The van der Waals surface area contributed by atoms with Gasteiger partial charge in [-0.3, -0.25) is 9.59 Å². The Balaban J connectivity index is 2.32. The molecule has 94 valence electrons. The lowest BCUT2D eigenvalue weighted by Crippen LogP contribution is -2.32. The van der Waals surface area contributed by atoms with Gasteiger partial charge in [-0.25, -0.2) is 0 Å². The Labute approximate surface area is 102 Å². The quantitative estimate of drug-likeness (QED) is 0.546.